The number of nitrogens with zero attached hydrogens (tertiary/aromatic N) is 2. The Kier molecular flexibility index (Phi) is 8.55. The molecule has 0 aliphatic carbocycles. The average Bonchev–Trinajstić information content (AvgIpc) is 2.91. The van der Waals surface area contributed by atoms with Crippen molar-refractivity contribution in [1.29, 1.82) is 0 Å². The predicted molar refractivity (Wildman–Crippen MR) is 152 cm³/mol. The first kappa shape index (κ1) is 28.4. The summed E-state index contributed by atoms with van der Waals surface area (Å²) in [7, 11) is 1.43. The van der Waals surface area contributed by atoms with Gasteiger partial charge in [-0.15, -0.1) is 0 Å². The number of nitro benzene ring substituents is 1. The van der Waals surface area contributed by atoms with Crippen LogP contribution in [0.3, 0.4) is 0 Å². The summed E-state index contributed by atoms with van der Waals surface area (Å²) >= 11 is 6.66. The fourth-order valence-corrected chi connectivity index (χ4v) is 4.94. The highest BCUT2D eigenvalue weighted by Gasteiger charge is 2.37. The summed E-state index contributed by atoms with van der Waals surface area (Å²) in [5.41, 5.74) is 0.400. The summed E-state index contributed by atoms with van der Waals surface area (Å²) in [4.78, 5) is 62.3. The number of amides is 4. The molecule has 13 heteroatoms. The van der Waals surface area contributed by atoms with Crippen LogP contribution < -0.4 is 19.7 Å². The molecule has 0 bridgehead atoms. The van der Waals surface area contributed by atoms with Gasteiger partial charge in [0.05, 0.1) is 22.2 Å². The lowest BCUT2D eigenvalue weighted by molar-refractivity contribution is -0.384. The van der Waals surface area contributed by atoms with E-state index in [1.165, 1.54) is 61.7 Å². The molecule has 1 aliphatic heterocycles. The first-order valence-electron chi connectivity index (χ1n) is 11.3. The van der Waals surface area contributed by atoms with Gasteiger partial charge in [-0.3, -0.25) is 25.0 Å². The van der Waals surface area contributed by atoms with Crippen molar-refractivity contribution < 1.29 is 33.6 Å². The smallest absolute Gasteiger partial charge is 0.336 e. The van der Waals surface area contributed by atoms with Crippen molar-refractivity contribution in [2.24, 2.45) is 0 Å². The molecule has 3 aromatic carbocycles. The van der Waals surface area contributed by atoms with Crippen LogP contribution in [0.2, 0.25) is 0 Å². The van der Waals surface area contributed by atoms with E-state index < -0.39 is 28.7 Å². The van der Waals surface area contributed by atoms with E-state index in [2.05, 4.69) is 37.2 Å². The Morgan fingerprint density at radius 3 is 2.45 bits per heavy atom. The van der Waals surface area contributed by atoms with Crippen LogP contribution in [0.5, 0.6) is 11.5 Å². The molecule has 1 aliphatic rings. The molecule has 0 aromatic heterocycles. The molecule has 1 N–H and O–H groups in total. The summed E-state index contributed by atoms with van der Waals surface area (Å²) in [6.45, 7) is 0. The topological polar surface area (TPSA) is 145 Å². The number of hydrogen-bond donors (Lipinski definition) is 1. The fourth-order valence-electron chi connectivity index (χ4n) is 3.60. The predicted octanol–water partition coefficient (Wildman–Crippen LogP) is 5.41. The Hall–Kier alpha value is -4.62. The molecule has 1 heterocycles. The Morgan fingerprint density at radius 2 is 1.77 bits per heavy atom. The zero-order valence-corrected chi connectivity index (χ0v) is 23.6. The molecule has 0 atom stereocenters. The zero-order chi connectivity index (χ0) is 29.0. The van der Waals surface area contributed by atoms with Gasteiger partial charge in [-0.1, -0.05) is 22.0 Å². The van der Waals surface area contributed by atoms with Crippen LogP contribution in [0.4, 0.5) is 16.2 Å². The van der Waals surface area contributed by atoms with Crippen molar-refractivity contribution in [3.8, 4) is 11.5 Å². The van der Waals surface area contributed by atoms with Gasteiger partial charge in [0.1, 0.15) is 11.3 Å². The lowest BCUT2D eigenvalue weighted by Gasteiger charge is -2.26. The van der Waals surface area contributed by atoms with Crippen LogP contribution in [-0.2, 0) is 14.4 Å². The third kappa shape index (κ3) is 6.33. The van der Waals surface area contributed by atoms with E-state index in [4.69, 9.17) is 9.47 Å². The van der Waals surface area contributed by atoms with Crippen molar-refractivity contribution >= 4 is 79.2 Å². The molecule has 0 saturated carbocycles. The number of methoxy groups -OCH3 is 1. The average molecular weight is 671 g/mol. The SMILES string of the molecule is COc1cccc(N2C(=O)NC(=O)/C(=C/c3cc(Br)cc(Br)c3OC(=O)/C=C/c3ccc([N+](=O)[O-])cc3)C2=O)c1. The van der Waals surface area contributed by atoms with Crippen LogP contribution >= 0.6 is 31.9 Å². The van der Waals surface area contributed by atoms with Crippen molar-refractivity contribution in [2.75, 3.05) is 12.0 Å². The van der Waals surface area contributed by atoms with Gasteiger partial charge in [0.2, 0.25) is 0 Å². The van der Waals surface area contributed by atoms with Gasteiger partial charge in [-0.2, -0.15) is 0 Å². The summed E-state index contributed by atoms with van der Waals surface area (Å²) < 4.78 is 11.5. The minimum Gasteiger partial charge on any atom is -0.497 e. The number of ether oxygens (including phenoxy) is 2. The Balaban J connectivity index is 1.65. The van der Waals surface area contributed by atoms with Gasteiger partial charge in [0.15, 0.2) is 5.75 Å². The van der Waals surface area contributed by atoms with E-state index in [0.29, 0.717) is 20.3 Å². The highest BCUT2D eigenvalue weighted by Crippen LogP contribution is 2.35. The Morgan fingerprint density at radius 1 is 1.05 bits per heavy atom. The number of carbonyl (C=O) groups excluding carboxylic acids is 4. The highest BCUT2D eigenvalue weighted by molar-refractivity contribution is 9.11. The van der Waals surface area contributed by atoms with Gasteiger partial charge in [-0.25, -0.2) is 14.5 Å². The molecule has 11 nitrogen and oxygen atoms in total. The Labute approximate surface area is 243 Å². The van der Waals surface area contributed by atoms with E-state index in [0.717, 1.165) is 11.0 Å². The lowest BCUT2D eigenvalue weighted by Crippen LogP contribution is -2.54. The molecular formula is C27H17Br2N3O8. The number of urea groups is 1. The summed E-state index contributed by atoms with van der Waals surface area (Å²) in [6.07, 6.45) is 3.73. The number of halogens is 2. The third-order valence-corrected chi connectivity index (χ3v) is 6.52. The molecule has 0 radical (unpaired) electrons. The molecule has 4 rings (SSSR count). The van der Waals surface area contributed by atoms with Crippen molar-refractivity contribution in [3.05, 3.63) is 102 Å². The van der Waals surface area contributed by atoms with Gasteiger partial charge in [-0.05, 0) is 70.0 Å². The number of esters is 1. The number of carbonyl (C=O) groups is 4. The minimum atomic E-state index is -0.932. The second kappa shape index (κ2) is 12.1. The molecular weight excluding hydrogens is 654 g/mol. The first-order valence-corrected chi connectivity index (χ1v) is 12.8. The molecule has 40 heavy (non-hydrogen) atoms. The van der Waals surface area contributed by atoms with Crippen LogP contribution in [0.25, 0.3) is 12.2 Å². The van der Waals surface area contributed by atoms with Crippen molar-refractivity contribution in [1.82, 2.24) is 5.32 Å². The zero-order valence-electron chi connectivity index (χ0n) is 20.4. The number of nitro groups is 1. The van der Waals surface area contributed by atoms with Crippen LogP contribution in [-0.4, -0.2) is 35.8 Å². The maximum atomic E-state index is 13.3. The van der Waals surface area contributed by atoms with E-state index in [-0.39, 0.29) is 28.3 Å². The van der Waals surface area contributed by atoms with Gasteiger partial charge in [0.25, 0.3) is 17.5 Å². The van der Waals surface area contributed by atoms with Crippen LogP contribution in [0.15, 0.2) is 81.3 Å². The largest absolute Gasteiger partial charge is 0.497 e. The van der Waals surface area contributed by atoms with Crippen molar-refractivity contribution in [2.45, 2.75) is 0 Å². The number of imide groups is 2. The van der Waals surface area contributed by atoms with Crippen molar-refractivity contribution in [3.63, 3.8) is 0 Å². The lowest BCUT2D eigenvalue weighted by atomic mass is 10.1. The maximum Gasteiger partial charge on any atom is 0.336 e. The van der Waals surface area contributed by atoms with Gasteiger partial charge < -0.3 is 9.47 Å². The summed E-state index contributed by atoms with van der Waals surface area (Å²) in [5, 5.41) is 13.0. The molecule has 1 fully saturated rings. The summed E-state index contributed by atoms with van der Waals surface area (Å²) in [5.74, 6) is -2.23. The van der Waals surface area contributed by atoms with E-state index in [1.807, 2.05) is 0 Å². The number of hydrogen-bond acceptors (Lipinski definition) is 8. The molecule has 1 saturated heterocycles. The number of benzene rings is 3. The standard InChI is InChI=1S/C27H17Br2N3O8/c1-39-20-4-2-3-19(14-20)31-26(35)21(25(34)30-27(31)36)12-16-11-17(28)13-22(29)24(16)40-23(33)10-7-15-5-8-18(9-6-15)32(37)38/h2-14H,1H3,(H,30,34,36)/b10-7+,21-12-. The molecule has 0 unspecified atom stereocenters. The van der Waals surface area contributed by atoms with Crippen LogP contribution in [0, 0.1) is 10.1 Å². The van der Waals surface area contributed by atoms with Crippen LogP contribution in [0.1, 0.15) is 11.1 Å². The number of rotatable bonds is 7. The molecule has 0 spiro atoms. The van der Waals surface area contributed by atoms with E-state index in [9.17, 15) is 29.3 Å². The molecule has 3 aromatic rings. The number of anilines is 1. The second-order valence-corrected chi connectivity index (χ2v) is 9.84. The Bertz CT molecular complexity index is 1620. The quantitative estimate of drug-likeness (QED) is 0.0877. The number of non-ortho nitro benzene ring substituents is 1. The minimum absolute atomic E-state index is 0.000482. The third-order valence-electron chi connectivity index (χ3n) is 5.47. The normalized spacial score (nSPS) is 14.4. The number of nitrogens with one attached hydrogen (secondary N) is 1. The molecule has 202 valence electrons. The molecule has 4 amide bonds. The van der Waals surface area contributed by atoms with Gasteiger partial charge in [0, 0.05) is 34.3 Å². The van der Waals surface area contributed by atoms with Gasteiger partial charge >= 0.3 is 12.0 Å². The summed E-state index contributed by atoms with van der Waals surface area (Å²) in [6, 6.07) is 13.9. The fraction of sp³-hybridized carbons (Fsp3) is 0.0370. The van der Waals surface area contributed by atoms with E-state index >= 15 is 0 Å². The number of barbiturate groups is 1. The van der Waals surface area contributed by atoms with E-state index in [1.54, 1.807) is 18.2 Å². The maximum absolute atomic E-state index is 13.3. The first-order chi connectivity index (χ1) is 19.1. The highest BCUT2D eigenvalue weighted by atomic mass is 79.9. The second-order valence-electron chi connectivity index (χ2n) is 8.07. The monoisotopic (exact) mass is 669 g/mol.